The number of pyridine rings is 1. The molecule has 2 aromatic heterocycles. The first-order chi connectivity index (χ1) is 10.3. The lowest BCUT2D eigenvalue weighted by Crippen LogP contribution is -2.12. The van der Waals surface area contributed by atoms with E-state index in [2.05, 4.69) is 10.1 Å². The minimum atomic E-state index is 0.0712. The van der Waals surface area contributed by atoms with Crippen LogP contribution >= 0.6 is 0 Å². The molecule has 6 nitrogen and oxygen atoms in total. The monoisotopic (exact) mass is 282 g/mol. The minimum absolute atomic E-state index is 0.0712. The third kappa shape index (κ3) is 2.79. The van der Waals surface area contributed by atoms with E-state index < -0.39 is 0 Å². The highest BCUT2D eigenvalue weighted by Crippen LogP contribution is 2.14. The average molecular weight is 282 g/mol. The summed E-state index contributed by atoms with van der Waals surface area (Å²) in [5.74, 6) is 0.767. The van der Waals surface area contributed by atoms with Gasteiger partial charge in [-0.15, -0.1) is 0 Å². The molecule has 3 N–H and O–H groups in total. The summed E-state index contributed by atoms with van der Waals surface area (Å²) in [6.45, 7) is 0.380. The number of rotatable bonds is 4. The first-order valence-electron chi connectivity index (χ1n) is 6.39. The predicted octanol–water partition coefficient (Wildman–Crippen LogP) is 2.01. The van der Waals surface area contributed by atoms with Gasteiger partial charge in [-0.1, -0.05) is 11.2 Å². The van der Waals surface area contributed by atoms with Gasteiger partial charge in [-0.2, -0.15) is 0 Å². The van der Waals surface area contributed by atoms with Crippen molar-refractivity contribution >= 4 is 11.5 Å². The molecule has 3 rings (SSSR count). The van der Waals surface area contributed by atoms with E-state index in [0.717, 1.165) is 11.3 Å². The van der Waals surface area contributed by atoms with Gasteiger partial charge in [-0.25, -0.2) is 4.98 Å². The summed E-state index contributed by atoms with van der Waals surface area (Å²) in [7, 11) is 0. The van der Waals surface area contributed by atoms with Crippen molar-refractivity contribution in [3.8, 4) is 5.75 Å². The summed E-state index contributed by atoms with van der Waals surface area (Å²) in [4.78, 5) is 4.45. The average Bonchev–Trinajstić information content (AvgIpc) is 2.95. The van der Waals surface area contributed by atoms with Gasteiger partial charge in [-0.3, -0.25) is 0 Å². The van der Waals surface area contributed by atoms with E-state index >= 15 is 0 Å². The summed E-state index contributed by atoms with van der Waals surface area (Å²) < 4.78 is 7.62. The molecule has 0 amide bonds. The number of oxime groups is 1. The number of ether oxygens (including phenoxy) is 1. The van der Waals surface area contributed by atoms with Crippen LogP contribution in [-0.4, -0.2) is 20.4 Å². The van der Waals surface area contributed by atoms with Crippen LogP contribution in [0.15, 0.2) is 60.0 Å². The molecule has 1 aromatic carbocycles. The first kappa shape index (κ1) is 13.0. The lowest BCUT2D eigenvalue weighted by atomic mass is 10.2. The molecule has 0 aliphatic rings. The first-order valence-corrected chi connectivity index (χ1v) is 6.39. The number of amidine groups is 1. The predicted molar refractivity (Wildman–Crippen MR) is 78.5 cm³/mol. The second-order valence-electron chi connectivity index (χ2n) is 4.50. The van der Waals surface area contributed by atoms with E-state index in [1.54, 1.807) is 24.3 Å². The molecule has 0 saturated carbocycles. The van der Waals surface area contributed by atoms with Gasteiger partial charge in [0, 0.05) is 18.0 Å². The molecule has 3 aromatic rings. The van der Waals surface area contributed by atoms with Crippen LogP contribution in [0.2, 0.25) is 0 Å². The molecule has 0 aliphatic heterocycles. The highest BCUT2D eigenvalue weighted by molar-refractivity contribution is 5.97. The summed E-state index contributed by atoms with van der Waals surface area (Å²) in [5.41, 5.74) is 7.87. The van der Waals surface area contributed by atoms with E-state index in [1.807, 2.05) is 35.0 Å². The maximum atomic E-state index is 8.60. The van der Waals surface area contributed by atoms with Gasteiger partial charge in [0.1, 0.15) is 18.0 Å². The molecular weight excluding hydrogens is 268 g/mol. The summed E-state index contributed by atoms with van der Waals surface area (Å²) in [6.07, 6.45) is 3.87. The van der Waals surface area contributed by atoms with Gasteiger partial charge in [0.15, 0.2) is 5.84 Å². The number of hydrogen-bond donors (Lipinski definition) is 2. The van der Waals surface area contributed by atoms with Gasteiger partial charge in [0.25, 0.3) is 0 Å². The SMILES string of the molecule is N/C(=N\O)c1ccc(OCc2cn3ccccc3n2)cc1. The molecule has 0 aliphatic carbocycles. The normalized spacial score (nSPS) is 11.7. The van der Waals surface area contributed by atoms with Crippen molar-refractivity contribution in [2.75, 3.05) is 0 Å². The van der Waals surface area contributed by atoms with Crippen LogP contribution in [-0.2, 0) is 6.61 Å². The van der Waals surface area contributed by atoms with Gasteiger partial charge in [0.05, 0.1) is 5.69 Å². The van der Waals surface area contributed by atoms with Crippen LogP contribution in [0.4, 0.5) is 0 Å². The highest BCUT2D eigenvalue weighted by atomic mass is 16.5. The third-order valence-corrected chi connectivity index (χ3v) is 3.06. The Hall–Kier alpha value is -3.02. The number of imidazole rings is 1. The molecule has 0 saturated heterocycles. The quantitative estimate of drug-likeness (QED) is 0.332. The van der Waals surface area contributed by atoms with Crippen LogP contribution in [0.5, 0.6) is 5.75 Å². The van der Waals surface area contributed by atoms with Crippen LogP contribution in [0.1, 0.15) is 11.3 Å². The molecule has 0 spiro atoms. The molecule has 0 fully saturated rings. The van der Waals surface area contributed by atoms with Crippen molar-refractivity contribution < 1.29 is 9.94 Å². The Labute approximate surface area is 121 Å². The number of nitrogens with zero attached hydrogens (tertiary/aromatic N) is 3. The zero-order valence-corrected chi connectivity index (χ0v) is 11.2. The molecule has 21 heavy (non-hydrogen) atoms. The second-order valence-corrected chi connectivity index (χ2v) is 4.50. The van der Waals surface area contributed by atoms with Crippen molar-refractivity contribution in [3.63, 3.8) is 0 Å². The molecule has 6 heteroatoms. The van der Waals surface area contributed by atoms with Crippen LogP contribution in [0.25, 0.3) is 5.65 Å². The Morgan fingerprint density at radius 2 is 2.05 bits per heavy atom. The molecule has 0 radical (unpaired) electrons. The topological polar surface area (TPSA) is 85.1 Å². The summed E-state index contributed by atoms with van der Waals surface area (Å²) >= 11 is 0. The lowest BCUT2D eigenvalue weighted by molar-refractivity contribution is 0.302. The van der Waals surface area contributed by atoms with Gasteiger partial charge in [0.2, 0.25) is 0 Å². The van der Waals surface area contributed by atoms with E-state index in [1.165, 1.54) is 0 Å². The fraction of sp³-hybridized carbons (Fsp3) is 0.0667. The van der Waals surface area contributed by atoms with Crippen molar-refractivity contribution in [3.05, 3.63) is 66.1 Å². The molecule has 0 bridgehead atoms. The standard InChI is InChI=1S/C15H14N4O2/c16-15(18-20)11-4-6-13(7-5-11)21-10-12-9-19-8-2-1-3-14(19)17-12/h1-9,20H,10H2,(H2,16,18). The Bertz CT molecular complexity index is 745. The van der Waals surface area contributed by atoms with Crippen LogP contribution in [0, 0.1) is 0 Å². The maximum absolute atomic E-state index is 8.60. The van der Waals surface area contributed by atoms with E-state index in [9.17, 15) is 0 Å². The molecule has 0 unspecified atom stereocenters. The Balaban J connectivity index is 1.69. The van der Waals surface area contributed by atoms with E-state index in [4.69, 9.17) is 15.7 Å². The van der Waals surface area contributed by atoms with Crippen molar-refractivity contribution in [2.45, 2.75) is 6.61 Å². The highest BCUT2D eigenvalue weighted by Gasteiger charge is 2.03. The Kier molecular flexibility index (Phi) is 3.42. The zero-order chi connectivity index (χ0) is 14.7. The largest absolute Gasteiger partial charge is 0.487 e. The third-order valence-electron chi connectivity index (χ3n) is 3.06. The van der Waals surface area contributed by atoms with Crippen molar-refractivity contribution in [2.24, 2.45) is 10.9 Å². The summed E-state index contributed by atoms with van der Waals surface area (Å²) in [6, 6.07) is 12.8. The zero-order valence-electron chi connectivity index (χ0n) is 11.2. The smallest absolute Gasteiger partial charge is 0.170 e. The molecule has 2 heterocycles. The second kappa shape index (κ2) is 5.54. The lowest BCUT2D eigenvalue weighted by Gasteiger charge is -2.05. The Morgan fingerprint density at radius 1 is 1.24 bits per heavy atom. The number of hydrogen-bond acceptors (Lipinski definition) is 4. The van der Waals surface area contributed by atoms with Crippen molar-refractivity contribution in [1.82, 2.24) is 9.38 Å². The molecular formula is C15H14N4O2. The number of benzene rings is 1. The van der Waals surface area contributed by atoms with Crippen LogP contribution < -0.4 is 10.5 Å². The van der Waals surface area contributed by atoms with Gasteiger partial charge in [-0.05, 0) is 36.4 Å². The van der Waals surface area contributed by atoms with Crippen molar-refractivity contribution in [1.29, 1.82) is 0 Å². The van der Waals surface area contributed by atoms with E-state index in [0.29, 0.717) is 17.9 Å². The Morgan fingerprint density at radius 3 is 2.76 bits per heavy atom. The maximum Gasteiger partial charge on any atom is 0.170 e. The van der Waals surface area contributed by atoms with Crippen LogP contribution in [0.3, 0.4) is 0 Å². The number of nitrogens with two attached hydrogens (primary N) is 1. The minimum Gasteiger partial charge on any atom is -0.487 e. The van der Waals surface area contributed by atoms with Gasteiger partial charge < -0.3 is 20.1 Å². The van der Waals surface area contributed by atoms with E-state index in [-0.39, 0.29) is 5.84 Å². The van der Waals surface area contributed by atoms with Gasteiger partial charge >= 0.3 is 0 Å². The molecule has 106 valence electrons. The fourth-order valence-corrected chi connectivity index (χ4v) is 1.99. The number of fused-ring (bicyclic) bond motifs is 1. The summed E-state index contributed by atoms with van der Waals surface area (Å²) in [5, 5.41) is 11.5. The fourth-order valence-electron chi connectivity index (χ4n) is 1.99. The molecule has 0 atom stereocenters. The number of aromatic nitrogens is 2.